The van der Waals surface area contributed by atoms with Gasteiger partial charge in [0.15, 0.2) is 5.78 Å². The van der Waals surface area contributed by atoms with Gasteiger partial charge >= 0.3 is 0 Å². The molecule has 1 aromatic rings. The molecule has 0 aliphatic carbocycles. The van der Waals surface area contributed by atoms with Crippen molar-refractivity contribution in [2.75, 3.05) is 51.3 Å². The Morgan fingerprint density at radius 2 is 2.11 bits per heavy atom. The van der Waals surface area contributed by atoms with Crippen molar-refractivity contribution < 1.29 is 9.53 Å². The first-order valence-electron chi connectivity index (χ1n) is 9.94. The smallest absolute Gasteiger partial charge is 0.161 e. The van der Waals surface area contributed by atoms with E-state index < -0.39 is 0 Å². The van der Waals surface area contributed by atoms with Crippen LogP contribution in [0.5, 0.6) is 0 Å². The fraction of sp³-hybridized carbons (Fsp3) is 0.591. The lowest BCUT2D eigenvalue weighted by atomic mass is 9.96. The number of hydrogen-bond acceptors (Lipinski definition) is 4. The van der Waals surface area contributed by atoms with Crippen LogP contribution in [0.4, 0.5) is 5.69 Å². The molecule has 1 heterocycles. The van der Waals surface area contributed by atoms with E-state index in [0.717, 1.165) is 76.3 Å². The van der Waals surface area contributed by atoms with Crippen LogP contribution in [0, 0.1) is 5.92 Å². The molecule has 1 saturated heterocycles. The number of likely N-dealkylation sites (N-methyl/N-ethyl adjacent to an activating group) is 1. The number of ketones is 1. The number of carbonyl (C=O) groups excluding carboxylic acids is 1. The molecule has 2 rings (SSSR count). The minimum Gasteiger partial charge on any atom is -0.381 e. The van der Waals surface area contributed by atoms with Gasteiger partial charge in [-0.1, -0.05) is 17.7 Å². The highest BCUT2D eigenvalue weighted by Crippen LogP contribution is 2.29. The van der Waals surface area contributed by atoms with Crippen LogP contribution in [-0.2, 0) is 4.74 Å². The normalized spacial score (nSPS) is 15.3. The van der Waals surface area contributed by atoms with E-state index in [0.29, 0.717) is 10.9 Å². The monoisotopic (exact) mass is 392 g/mol. The van der Waals surface area contributed by atoms with E-state index in [2.05, 4.69) is 23.4 Å². The lowest BCUT2D eigenvalue weighted by Crippen LogP contribution is -2.36. The molecule has 0 unspecified atom stereocenters. The SMILES string of the molecule is C=CCN(C)CCCCOCC1CCN(c2cc(Cl)ccc2C(C)=O)CC1. The van der Waals surface area contributed by atoms with Gasteiger partial charge in [0.2, 0.25) is 0 Å². The van der Waals surface area contributed by atoms with E-state index in [9.17, 15) is 4.79 Å². The topological polar surface area (TPSA) is 32.8 Å². The van der Waals surface area contributed by atoms with Gasteiger partial charge in [-0.05, 0) is 70.3 Å². The summed E-state index contributed by atoms with van der Waals surface area (Å²) in [6, 6.07) is 5.54. The van der Waals surface area contributed by atoms with Crippen LogP contribution in [0.25, 0.3) is 0 Å². The fourth-order valence-corrected chi connectivity index (χ4v) is 3.72. The Morgan fingerprint density at radius 3 is 2.78 bits per heavy atom. The molecule has 1 aromatic carbocycles. The first-order chi connectivity index (χ1) is 13.0. The molecule has 150 valence electrons. The molecule has 1 aliphatic heterocycles. The summed E-state index contributed by atoms with van der Waals surface area (Å²) in [6.07, 6.45) is 6.37. The van der Waals surface area contributed by atoms with Gasteiger partial charge in [-0.3, -0.25) is 4.79 Å². The minimum atomic E-state index is 0.0888. The van der Waals surface area contributed by atoms with Gasteiger partial charge < -0.3 is 14.5 Å². The summed E-state index contributed by atoms with van der Waals surface area (Å²) in [6.45, 7) is 11.0. The molecular formula is C22H33ClN2O2. The Morgan fingerprint density at radius 1 is 1.37 bits per heavy atom. The molecule has 0 aromatic heterocycles. The Labute approximate surface area is 169 Å². The van der Waals surface area contributed by atoms with Crippen molar-refractivity contribution in [2.45, 2.75) is 32.6 Å². The summed E-state index contributed by atoms with van der Waals surface area (Å²) in [5.74, 6) is 0.690. The molecule has 4 nitrogen and oxygen atoms in total. The number of Topliss-reactive ketones (excluding diaryl/α,β-unsaturated/α-hetero) is 1. The van der Waals surface area contributed by atoms with E-state index in [1.165, 1.54) is 0 Å². The predicted octanol–water partition coefficient (Wildman–Crippen LogP) is 4.67. The highest BCUT2D eigenvalue weighted by Gasteiger charge is 2.22. The Balaban J connectivity index is 1.68. The fourth-order valence-electron chi connectivity index (χ4n) is 3.55. The number of carbonyl (C=O) groups is 1. The zero-order chi connectivity index (χ0) is 19.6. The number of unbranched alkanes of at least 4 members (excludes halogenated alkanes) is 1. The largest absolute Gasteiger partial charge is 0.381 e. The van der Waals surface area contributed by atoms with Gasteiger partial charge in [0.25, 0.3) is 0 Å². The zero-order valence-corrected chi connectivity index (χ0v) is 17.5. The van der Waals surface area contributed by atoms with E-state index >= 15 is 0 Å². The molecule has 27 heavy (non-hydrogen) atoms. The second-order valence-corrected chi connectivity index (χ2v) is 7.92. The summed E-state index contributed by atoms with van der Waals surface area (Å²) in [5, 5.41) is 0.680. The number of rotatable bonds is 11. The maximum Gasteiger partial charge on any atom is 0.161 e. The molecule has 0 atom stereocenters. The summed E-state index contributed by atoms with van der Waals surface area (Å²) < 4.78 is 5.90. The number of hydrogen-bond donors (Lipinski definition) is 0. The van der Waals surface area contributed by atoms with Gasteiger partial charge in [0.1, 0.15) is 0 Å². The molecule has 0 spiro atoms. The Bertz CT molecular complexity index is 612. The molecule has 5 heteroatoms. The molecule has 0 radical (unpaired) electrons. The molecule has 0 amide bonds. The number of anilines is 1. The van der Waals surface area contributed by atoms with Gasteiger partial charge in [-0.2, -0.15) is 0 Å². The second kappa shape index (κ2) is 11.5. The third kappa shape index (κ3) is 7.28. The van der Waals surface area contributed by atoms with Crippen LogP contribution in [-0.4, -0.2) is 57.1 Å². The average molecular weight is 393 g/mol. The predicted molar refractivity (Wildman–Crippen MR) is 114 cm³/mol. The third-order valence-corrected chi connectivity index (χ3v) is 5.40. The summed E-state index contributed by atoms with van der Waals surface area (Å²) >= 11 is 6.15. The zero-order valence-electron chi connectivity index (χ0n) is 16.8. The highest BCUT2D eigenvalue weighted by molar-refractivity contribution is 6.31. The number of nitrogens with zero attached hydrogens (tertiary/aromatic N) is 2. The van der Waals surface area contributed by atoms with Crippen molar-refractivity contribution in [2.24, 2.45) is 5.92 Å². The minimum absolute atomic E-state index is 0.0888. The molecule has 1 fully saturated rings. The summed E-state index contributed by atoms with van der Waals surface area (Å²) in [4.78, 5) is 16.5. The Kier molecular flexibility index (Phi) is 9.32. The Hall–Kier alpha value is -1.36. The first kappa shape index (κ1) is 21.9. The van der Waals surface area contributed by atoms with Crippen LogP contribution < -0.4 is 4.90 Å². The van der Waals surface area contributed by atoms with E-state index in [-0.39, 0.29) is 5.78 Å². The second-order valence-electron chi connectivity index (χ2n) is 7.48. The van der Waals surface area contributed by atoms with E-state index in [1.54, 1.807) is 13.0 Å². The first-order valence-corrected chi connectivity index (χ1v) is 10.3. The lowest BCUT2D eigenvalue weighted by Gasteiger charge is -2.34. The number of ether oxygens (including phenoxy) is 1. The molecule has 0 saturated carbocycles. The van der Waals surface area contributed by atoms with Crippen molar-refractivity contribution in [3.05, 3.63) is 41.4 Å². The maximum absolute atomic E-state index is 11.9. The third-order valence-electron chi connectivity index (χ3n) is 5.17. The molecule has 1 aliphatic rings. The van der Waals surface area contributed by atoms with Crippen LogP contribution in [0.3, 0.4) is 0 Å². The van der Waals surface area contributed by atoms with Crippen LogP contribution in [0.15, 0.2) is 30.9 Å². The summed E-state index contributed by atoms with van der Waals surface area (Å²) in [7, 11) is 2.12. The van der Waals surface area contributed by atoms with Crippen LogP contribution in [0.2, 0.25) is 5.02 Å². The van der Waals surface area contributed by atoms with Crippen molar-refractivity contribution >= 4 is 23.1 Å². The van der Waals surface area contributed by atoms with Gasteiger partial charge in [-0.15, -0.1) is 6.58 Å². The van der Waals surface area contributed by atoms with Crippen LogP contribution >= 0.6 is 11.6 Å². The van der Waals surface area contributed by atoms with Crippen molar-refractivity contribution in [3.63, 3.8) is 0 Å². The molecule has 0 bridgehead atoms. The molecular weight excluding hydrogens is 360 g/mol. The highest BCUT2D eigenvalue weighted by atomic mass is 35.5. The van der Waals surface area contributed by atoms with Crippen LogP contribution in [0.1, 0.15) is 43.0 Å². The molecule has 0 N–H and O–H groups in total. The van der Waals surface area contributed by atoms with Gasteiger partial charge in [0, 0.05) is 49.1 Å². The standard InChI is InChI=1S/C22H33ClN2O2/c1-4-11-24(3)12-5-6-15-27-17-19-9-13-25(14-10-19)22-16-20(23)7-8-21(22)18(2)26/h4,7-8,16,19H,1,5-6,9-15,17H2,2-3H3. The lowest BCUT2D eigenvalue weighted by molar-refractivity contribution is 0.0864. The number of benzene rings is 1. The van der Waals surface area contributed by atoms with E-state index in [4.69, 9.17) is 16.3 Å². The number of halogens is 1. The van der Waals surface area contributed by atoms with Crippen molar-refractivity contribution in [1.82, 2.24) is 4.90 Å². The van der Waals surface area contributed by atoms with Crippen molar-refractivity contribution in [3.8, 4) is 0 Å². The van der Waals surface area contributed by atoms with E-state index in [1.807, 2.05) is 18.2 Å². The quantitative estimate of drug-likeness (QED) is 0.311. The average Bonchev–Trinajstić information content (AvgIpc) is 2.65. The van der Waals surface area contributed by atoms with Crippen molar-refractivity contribution in [1.29, 1.82) is 0 Å². The number of piperidine rings is 1. The summed E-state index contributed by atoms with van der Waals surface area (Å²) in [5.41, 5.74) is 1.73. The van der Waals surface area contributed by atoms with Gasteiger partial charge in [0.05, 0.1) is 0 Å². The maximum atomic E-state index is 11.9. The van der Waals surface area contributed by atoms with Gasteiger partial charge in [-0.25, -0.2) is 0 Å².